The lowest BCUT2D eigenvalue weighted by atomic mass is 9.77. The van der Waals surface area contributed by atoms with Gasteiger partial charge in [0.25, 0.3) is 11.8 Å². The van der Waals surface area contributed by atoms with Crippen molar-refractivity contribution in [3.8, 4) is 5.75 Å². The van der Waals surface area contributed by atoms with Gasteiger partial charge in [-0.3, -0.25) is 19.5 Å². The molecule has 1 aromatic carbocycles. The van der Waals surface area contributed by atoms with Crippen molar-refractivity contribution in [3.63, 3.8) is 0 Å². The molecular weight excluding hydrogens is 543 g/mol. The van der Waals surface area contributed by atoms with E-state index in [1.807, 2.05) is 4.90 Å². The van der Waals surface area contributed by atoms with Crippen LogP contribution in [0.3, 0.4) is 0 Å². The molecule has 0 unspecified atom stereocenters. The van der Waals surface area contributed by atoms with Gasteiger partial charge in [0.15, 0.2) is 17.2 Å². The van der Waals surface area contributed by atoms with Crippen LogP contribution in [-0.4, -0.2) is 72.6 Å². The van der Waals surface area contributed by atoms with Gasteiger partial charge in [-0.2, -0.15) is 17.6 Å². The number of rotatable bonds is 8. The summed E-state index contributed by atoms with van der Waals surface area (Å²) in [7, 11) is 0. The number of carbonyl (C=O) groups excluding carboxylic acids is 2. The van der Waals surface area contributed by atoms with Crippen molar-refractivity contribution < 1.29 is 45.8 Å². The molecule has 2 fully saturated rings. The van der Waals surface area contributed by atoms with E-state index in [0.717, 1.165) is 31.5 Å². The van der Waals surface area contributed by atoms with Crippen LogP contribution in [-0.2, 0) is 14.3 Å². The molecule has 0 aliphatic carbocycles. The van der Waals surface area contributed by atoms with Crippen LogP contribution >= 0.6 is 0 Å². The van der Waals surface area contributed by atoms with Crippen molar-refractivity contribution in [1.29, 1.82) is 0 Å². The lowest BCUT2D eigenvalue weighted by molar-refractivity contribution is -0.272. The van der Waals surface area contributed by atoms with E-state index in [-0.39, 0.29) is 23.6 Å². The summed E-state index contributed by atoms with van der Waals surface area (Å²) >= 11 is 0. The molecule has 2 saturated heterocycles. The Morgan fingerprint density at radius 3 is 2.67 bits per heavy atom. The molecule has 0 saturated carbocycles. The molecule has 9 nitrogen and oxygen atoms in total. The first-order chi connectivity index (χ1) is 18.8. The van der Waals surface area contributed by atoms with Gasteiger partial charge in [-0.05, 0) is 31.5 Å². The van der Waals surface area contributed by atoms with Crippen LogP contribution in [0.5, 0.6) is 5.75 Å². The van der Waals surface area contributed by atoms with E-state index in [1.165, 1.54) is 19.2 Å². The second-order valence-electron chi connectivity index (χ2n) is 9.88. The van der Waals surface area contributed by atoms with Crippen LogP contribution in [0, 0.1) is 17.6 Å². The molecule has 2 aliphatic rings. The average Bonchev–Trinajstić information content (AvgIpc) is 3.19. The molecule has 14 heteroatoms. The number of hydrogen-bond donors (Lipinski definition) is 2. The highest BCUT2D eigenvalue weighted by Crippen LogP contribution is 2.55. The van der Waals surface area contributed by atoms with Crippen molar-refractivity contribution in [2.24, 2.45) is 11.7 Å². The smallest absolute Gasteiger partial charge is 0.417 e. The Labute approximate surface area is 226 Å². The quantitative estimate of drug-likeness (QED) is 0.465. The van der Waals surface area contributed by atoms with Gasteiger partial charge in [-0.25, -0.2) is 4.39 Å². The first kappa shape index (κ1) is 29.6. The summed E-state index contributed by atoms with van der Waals surface area (Å²) in [4.78, 5) is 30.5. The Bertz CT molecular complexity index is 1260. The van der Waals surface area contributed by atoms with Crippen molar-refractivity contribution in [2.75, 3.05) is 38.4 Å². The number of primary amides is 1. The number of hydrogen-bond acceptors (Lipinski definition) is 7. The molecule has 2 amide bonds. The van der Waals surface area contributed by atoms with Gasteiger partial charge in [0.05, 0.1) is 6.73 Å². The van der Waals surface area contributed by atoms with E-state index in [2.05, 4.69) is 10.3 Å². The minimum absolute atomic E-state index is 0.0231. The van der Waals surface area contributed by atoms with Crippen LogP contribution in [0.4, 0.5) is 27.6 Å². The van der Waals surface area contributed by atoms with E-state index in [1.54, 1.807) is 0 Å². The van der Waals surface area contributed by atoms with Gasteiger partial charge in [0, 0.05) is 49.0 Å². The highest BCUT2D eigenvalue weighted by atomic mass is 19.4. The fraction of sp³-hybridized carbons (Fsp3) is 0.500. The zero-order valence-electron chi connectivity index (χ0n) is 21.8. The highest BCUT2D eigenvalue weighted by Gasteiger charge is 2.66. The van der Waals surface area contributed by atoms with Crippen molar-refractivity contribution in [2.45, 2.75) is 44.1 Å². The van der Waals surface area contributed by atoms with Crippen LogP contribution in [0.15, 0.2) is 30.5 Å². The van der Waals surface area contributed by atoms with Crippen molar-refractivity contribution in [3.05, 3.63) is 53.4 Å². The summed E-state index contributed by atoms with van der Waals surface area (Å²) in [6.07, 6.45) is -4.75. The monoisotopic (exact) mass is 572 g/mol. The minimum Gasteiger partial charge on any atom is -0.489 e. The molecule has 0 bridgehead atoms. The number of alkyl halides is 3. The van der Waals surface area contributed by atoms with E-state index in [9.17, 15) is 27.2 Å². The van der Waals surface area contributed by atoms with E-state index < -0.39 is 58.9 Å². The number of nitrogens with two attached hydrogens (primary N) is 1. The predicted molar refractivity (Wildman–Crippen MR) is 131 cm³/mol. The molecule has 3 N–H and O–H groups in total. The molecule has 0 spiro atoms. The van der Waals surface area contributed by atoms with Gasteiger partial charge >= 0.3 is 6.18 Å². The number of benzene rings is 1. The minimum atomic E-state index is -4.91. The number of aromatic nitrogens is 1. The lowest BCUT2D eigenvalue weighted by Crippen LogP contribution is -2.47. The standard InChI is InChI=1S/C26H29F5N4O5/c1-14-19(16-4-5-17(27)20(28)21(16)39-11-9-35-8-3-10-38-13-35)22(40-25(14,2)26(29,30)31)24(37)34-15-6-7-33-18(12-15)23(32)36/h4-7,12,14,19,22H,3,8-11,13H2,1-2H3,(H2,32,36)(H,33,34,37)/t14-,19-,22+,25+/m0/s1. The second kappa shape index (κ2) is 11.6. The van der Waals surface area contributed by atoms with Crippen molar-refractivity contribution in [1.82, 2.24) is 9.88 Å². The molecule has 40 heavy (non-hydrogen) atoms. The molecule has 3 heterocycles. The van der Waals surface area contributed by atoms with Crippen LogP contribution in [0.2, 0.25) is 0 Å². The third kappa shape index (κ3) is 5.88. The molecule has 4 atom stereocenters. The number of pyridine rings is 1. The van der Waals surface area contributed by atoms with E-state index in [4.69, 9.17) is 19.9 Å². The Morgan fingerprint density at radius 2 is 2.02 bits per heavy atom. The first-order valence-corrected chi connectivity index (χ1v) is 12.6. The number of amides is 2. The third-order valence-corrected chi connectivity index (χ3v) is 7.34. The van der Waals surface area contributed by atoms with Gasteiger partial charge in [-0.15, -0.1) is 0 Å². The molecule has 4 rings (SSSR count). The maximum absolute atomic E-state index is 15.1. The largest absolute Gasteiger partial charge is 0.489 e. The lowest BCUT2D eigenvalue weighted by Gasteiger charge is -2.32. The van der Waals surface area contributed by atoms with Crippen LogP contribution < -0.4 is 15.8 Å². The van der Waals surface area contributed by atoms with E-state index in [0.29, 0.717) is 26.4 Å². The zero-order valence-corrected chi connectivity index (χ0v) is 21.8. The van der Waals surface area contributed by atoms with Crippen LogP contribution in [0.25, 0.3) is 0 Å². The average molecular weight is 573 g/mol. The molecule has 1 aromatic heterocycles. The Kier molecular flexibility index (Phi) is 8.61. The number of nitrogens with zero attached hydrogens (tertiary/aromatic N) is 2. The predicted octanol–water partition coefficient (Wildman–Crippen LogP) is 3.60. The molecular formula is C26H29F5N4O5. The summed E-state index contributed by atoms with van der Waals surface area (Å²) in [6.45, 7) is 3.83. The number of carbonyl (C=O) groups is 2. The number of ether oxygens (including phenoxy) is 3. The maximum atomic E-state index is 15.1. The Hall–Kier alpha value is -3.36. The van der Waals surface area contributed by atoms with Gasteiger partial charge in [0.2, 0.25) is 5.82 Å². The summed E-state index contributed by atoms with van der Waals surface area (Å²) in [5, 5.41) is 2.41. The number of anilines is 1. The fourth-order valence-corrected chi connectivity index (χ4v) is 4.94. The Morgan fingerprint density at radius 1 is 1.27 bits per heavy atom. The normalized spacial score (nSPS) is 25.5. The molecule has 2 aliphatic heterocycles. The zero-order chi connectivity index (χ0) is 29.2. The van der Waals surface area contributed by atoms with Crippen LogP contribution in [0.1, 0.15) is 42.2 Å². The fourth-order valence-electron chi connectivity index (χ4n) is 4.94. The van der Waals surface area contributed by atoms with Gasteiger partial charge in [-0.1, -0.05) is 13.0 Å². The highest BCUT2D eigenvalue weighted by molar-refractivity contribution is 5.97. The number of halogens is 5. The SMILES string of the molecule is C[C@H]1[C@@H](c2ccc(F)c(F)c2OCCN2CCCOC2)[C@H](C(=O)Nc2ccnc(C(N)=O)c2)O[C@@]1(C)C(F)(F)F. The van der Waals surface area contributed by atoms with E-state index >= 15 is 4.39 Å². The molecule has 2 aromatic rings. The summed E-state index contributed by atoms with van der Waals surface area (Å²) in [5.74, 6) is -7.96. The van der Waals surface area contributed by atoms with Crippen molar-refractivity contribution >= 4 is 17.5 Å². The molecule has 218 valence electrons. The topological polar surface area (TPSA) is 116 Å². The summed E-state index contributed by atoms with van der Waals surface area (Å²) in [5.41, 5.74) is 2.08. The molecule has 0 radical (unpaired) electrons. The maximum Gasteiger partial charge on any atom is 0.417 e. The van der Waals surface area contributed by atoms with Gasteiger partial charge < -0.3 is 25.3 Å². The third-order valence-electron chi connectivity index (χ3n) is 7.34. The number of nitrogens with one attached hydrogen (secondary N) is 1. The summed E-state index contributed by atoms with van der Waals surface area (Å²) in [6, 6.07) is 4.31. The Balaban J connectivity index is 1.68. The second-order valence-corrected chi connectivity index (χ2v) is 9.88. The van der Waals surface area contributed by atoms with Gasteiger partial charge in [0.1, 0.15) is 18.4 Å². The first-order valence-electron chi connectivity index (χ1n) is 12.6. The summed E-state index contributed by atoms with van der Waals surface area (Å²) < 4.78 is 88.5.